The fraction of sp³-hybridized carbons (Fsp3) is 0.130. The van der Waals surface area contributed by atoms with E-state index < -0.39 is 0 Å². The Labute approximate surface area is 169 Å². The van der Waals surface area contributed by atoms with Crippen molar-refractivity contribution < 1.29 is 26.3 Å². The molecule has 3 nitrogen and oxygen atoms in total. The third-order valence-electron chi connectivity index (χ3n) is 4.84. The number of ketones is 1. The third kappa shape index (κ3) is 3.86. The van der Waals surface area contributed by atoms with Crippen LogP contribution in [0.3, 0.4) is 0 Å². The van der Waals surface area contributed by atoms with Crippen LogP contribution in [0.5, 0.6) is 0 Å². The van der Waals surface area contributed by atoms with Crippen LogP contribution < -0.4 is 21.5 Å². The van der Waals surface area contributed by atoms with Crippen LogP contribution in [0.15, 0.2) is 84.9 Å². The molecule has 4 rings (SSSR count). The number of Topliss-reactive ketones (excluding diaryl/α,β-unsaturated/α-hetero) is 1. The van der Waals surface area contributed by atoms with Gasteiger partial charge >= 0.3 is 0 Å². The maximum absolute atomic E-state index is 12.8. The number of fused-ring (bicyclic) bond motifs is 1. The molecule has 1 heterocycles. The van der Waals surface area contributed by atoms with E-state index in [1.54, 1.807) is 0 Å². The zero-order chi connectivity index (χ0) is 17.9. The minimum atomic E-state index is 0. The zero-order valence-electron chi connectivity index (χ0n) is 15.2. The maximum Gasteiger partial charge on any atom is 0.262 e. The Morgan fingerprint density at radius 3 is 2.15 bits per heavy atom. The highest BCUT2D eigenvalue weighted by molar-refractivity contribution is 5.96. The highest BCUT2D eigenvalue weighted by Gasteiger charge is 2.24. The molecule has 0 aliphatic rings. The van der Waals surface area contributed by atoms with Crippen LogP contribution in [-0.2, 0) is 20.0 Å². The summed E-state index contributed by atoms with van der Waals surface area (Å²) in [6.45, 7) is 0.341. The molecular formula is C23H21BrN2O. The summed E-state index contributed by atoms with van der Waals surface area (Å²) in [4.78, 5) is 12.8. The van der Waals surface area contributed by atoms with E-state index in [-0.39, 0.29) is 22.8 Å². The van der Waals surface area contributed by atoms with E-state index in [4.69, 9.17) is 0 Å². The topological polar surface area (TPSA) is 25.9 Å². The van der Waals surface area contributed by atoms with Gasteiger partial charge in [-0.25, -0.2) is 9.13 Å². The van der Waals surface area contributed by atoms with Gasteiger partial charge in [-0.3, -0.25) is 4.79 Å². The van der Waals surface area contributed by atoms with Gasteiger partial charge < -0.3 is 17.0 Å². The van der Waals surface area contributed by atoms with Gasteiger partial charge in [-0.15, -0.1) is 0 Å². The lowest BCUT2D eigenvalue weighted by Gasteiger charge is -2.04. The molecule has 4 heteroatoms. The molecule has 0 radical (unpaired) electrons. The van der Waals surface area contributed by atoms with E-state index in [2.05, 4.69) is 52.6 Å². The molecule has 0 N–H and O–H groups in total. The monoisotopic (exact) mass is 420 g/mol. The van der Waals surface area contributed by atoms with Gasteiger partial charge in [0, 0.05) is 5.56 Å². The molecule has 0 saturated carbocycles. The van der Waals surface area contributed by atoms with Crippen molar-refractivity contribution in [2.24, 2.45) is 7.05 Å². The Morgan fingerprint density at radius 2 is 1.44 bits per heavy atom. The van der Waals surface area contributed by atoms with E-state index in [1.807, 2.05) is 48.5 Å². The molecule has 0 aliphatic heterocycles. The SMILES string of the molecule is C[n+]1c(Cc2ccccc2)n(CC(=O)c2ccccc2)c2ccccc21.[Br-]. The van der Waals surface area contributed by atoms with Crippen LogP contribution in [0, 0.1) is 0 Å². The number of hydrogen-bond acceptors (Lipinski definition) is 1. The summed E-state index contributed by atoms with van der Waals surface area (Å²) in [7, 11) is 2.07. The van der Waals surface area contributed by atoms with Crippen LogP contribution in [0.4, 0.5) is 0 Å². The minimum absolute atomic E-state index is 0. The predicted molar refractivity (Wildman–Crippen MR) is 103 cm³/mol. The van der Waals surface area contributed by atoms with Crippen LogP contribution in [0.1, 0.15) is 21.7 Å². The second-order valence-electron chi connectivity index (χ2n) is 6.50. The number of aromatic nitrogens is 2. The summed E-state index contributed by atoms with van der Waals surface area (Å²) in [5.41, 5.74) is 4.21. The van der Waals surface area contributed by atoms with Gasteiger partial charge in [0.15, 0.2) is 17.6 Å². The van der Waals surface area contributed by atoms with E-state index in [9.17, 15) is 4.79 Å². The Bertz CT molecular complexity index is 1060. The number of hydrogen-bond donors (Lipinski definition) is 0. The smallest absolute Gasteiger partial charge is 0.262 e. The molecule has 0 amide bonds. The fourth-order valence-corrected chi connectivity index (χ4v) is 3.46. The molecule has 3 aromatic carbocycles. The van der Waals surface area contributed by atoms with Gasteiger partial charge in [0.2, 0.25) is 5.78 Å². The van der Waals surface area contributed by atoms with E-state index >= 15 is 0 Å². The predicted octanol–water partition coefficient (Wildman–Crippen LogP) is 0.944. The van der Waals surface area contributed by atoms with Crippen molar-refractivity contribution in [2.75, 3.05) is 0 Å². The molecule has 4 aromatic rings. The average molecular weight is 421 g/mol. The lowest BCUT2D eigenvalue weighted by atomic mass is 10.1. The van der Waals surface area contributed by atoms with Gasteiger partial charge in [0.1, 0.15) is 0 Å². The van der Waals surface area contributed by atoms with E-state index in [1.165, 1.54) is 5.56 Å². The highest BCUT2D eigenvalue weighted by atomic mass is 79.9. The number of para-hydroxylation sites is 2. The van der Waals surface area contributed by atoms with Crippen molar-refractivity contribution in [3.05, 3.63) is 102 Å². The number of carbonyl (C=O) groups excluding carboxylic acids is 1. The molecule has 1 aromatic heterocycles. The molecule has 136 valence electrons. The van der Waals surface area contributed by atoms with Crippen LogP contribution >= 0.6 is 0 Å². The quantitative estimate of drug-likeness (QED) is 0.348. The van der Waals surface area contributed by atoms with Crippen molar-refractivity contribution in [1.29, 1.82) is 0 Å². The van der Waals surface area contributed by atoms with Crippen molar-refractivity contribution in [3.8, 4) is 0 Å². The molecule has 27 heavy (non-hydrogen) atoms. The first-order valence-corrected chi connectivity index (χ1v) is 8.82. The fourth-order valence-electron chi connectivity index (χ4n) is 3.46. The van der Waals surface area contributed by atoms with Crippen molar-refractivity contribution >= 4 is 16.8 Å². The average Bonchev–Trinajstić information content (AvgIpc) is 2.95. The van der Waals surface area contributed by atoms with E-state index in [0.717, 1.165) is 28.8 Å². The summed E-state index contributed by atoms with van der Waals surface area (Å²) in [6.07, 6.45) is 0.786. The van der Waals surface area contributed by atoms with Crippen molar-refractivity contribution in [3.63, 3.8) is 0 Å². The lowest BCUT2D eigenvalue weighted by molar-refractivity contribution is -0.653. The van der Waals surface area contributed by atoms with Gasteiger partial charge in [0.25, 0.3) is 5.82 Å². The number of nitrogens with zero attached hydrogens (tertiary/aromatic N) is 2. The minimum Gasteiger partial charge on any atom is -1.00 e. The summed E-state index contributed by atoms with van der Waals surface area (Å²) >= 11 is 0. The molecule has 0 fully saturated rings. The lowest BCUT2D eigenvalue weighted by Crippen LogP contribution is -3.00. The second kappa shape index (κ2) is 8.31. The molecule has 0 spiro atoms. The summed E-state index contributed by atoms with van der Waals surface area (Å²) < 4.78 is 4.35. The van der Waals surface area contributed by atoms with Gasteiger partial charge in [-0.05, 0) is 17.7 Å². The summed E-state index contributed by atoms with van der Waals surface area (Å²) in [5, 5.41) is 0. The van der Waals surface area contributed by atoms with Gasteiger partial charge in [-0.1, -0.05) is 72.8 Å². The first kappa shape index (κ1) is 19.1. The van der Waals surface area contributed by atoms with Crippen LogP contribution in [0.2, 0.25) is 0 Å². The third-order valence-corrected chi connectivity index (χ3v) is 4.84. The molecule has 0 aliphatic carbocycles. The Kier molecular flexibility index (Phi) is 5.87. The largest absolute Gasteiger partial charge is 1.00 e. The maximum atomic E-state index is 12.8. The second-order valence-corrected chi connectivity index (χ2v) is 6.50. The van der Waals surface area contributed by atoms with Gasteiger partial charge in [-0.2, -0.15) is 0 Å². The zero-order valence-corrected chi connectivity index (χ0v) is 16.8. The molecule has 0 bridgehead atoms. The normalized spacial score (nSPS) is 10.6. The number of aryl methyl sites for hydroxylation is 1. The van der Waals surface area contributed by atoms with Crippen molar-refractivity contribution in [1.82, 2.24) is 4.57 Å². The first-order valence-electron chi connectivity index (χ1n) is 8.82. The molecule has 0 unspecified atom stereocenters. The van der Waals surface area contributed by atoms with Crippen LogP contribution in [-0.4, -0.2) is 10.4 Å². The molecule has 0 atom stereocenters. The Hall–Kier alpha value is -2.72. The number of rotatable bonds is 5. The molecular weight excluding hydrogens is 400 g/mol. The van der Waals surface area contributed by atoms with Gasteiger partial charge in [0.05, 0.1) is 13.5 Å². The summed E-state index contributed by atoms with van der Waals surface area (Å²) in [6, 6.07) is 28.1. The number of halogens is 1. The number of imidazole rings is 1. The van der Waals surface area contributed by atoms with E-state index in [0.29, 0.717) is 6.54 Å². The number of carbonyl (C=O) groups is 1. The first-order chi connectivity index (χ1) is 12.7. The Morgan fingerprint density at radius 1 is 0.852 bits per heavy atom. The standard InChI is InChI=1S/C23H21N2O.BrH/c1-24-20-14-8-9-15-21(20)25(17-22(26)19-12-6-3-7-13-19)23(24)16-18-10-4-2-5-11-18;/h2-15H,16-17H2,1H3;1H/q+1;/p-1. The summed E-state index contributed by atoms with van der Waals surface area (Å²) in [5.74, 6) is 1.25. The Balaban J connectivity index is 0.00000210. The van der Waals surface area contributed by atoms with Crippen LogP contribution in [0.25, 0.3) is 11.0 Å². The molecule has 0 saturated heterocycles. The van der Waals surface area contributed by atoms with Crippen molar-refractivity contribution in [2.45, 2.75) is 13.0 Å². The number of benzene rings is 3. The highest BCUT2D eigenvalue weighted by Crippen LogP contribution is 2.18.